The van der Waals surface area contributed by atoms with E-state index in [1.54, 1.807) is 0 Å². The van der Waals surface area contributed by atoms with Crippen molar-refractivity contribution in [2.45, 2.75) is 51.9 Å². The molecule has 0 radical (unpaired) electrons. The van der Waals surface area contributed by atoms with E-state index >= 15 is 0 Å². The van der Waals surface area contributed by atoms with Crippen LogP contribution in [0, 0.1) is 17.8 Å². The highest BCUT2D eigenvalue weighted by Crippen LogP contribution is 2.48. The summed E-state index contributed by atoms with van der Waals surface area (Å²) in [5.74, 6) is 2.37. The molecule has 4 unspecified atom stereocenters. The van der Waals surface area contributed by atoms with Crippen molar-refractivity contribution in [2.75, 3.05) is 5.32 Å². The zero-order valence-electron chi connectivity index (χ0n) is 15.0. The summed E-state index contributed by atoms with van der Waals surface area (Å²) < 4.78 is 0. The third-order valence-corrected chi connectivity index (χ3v) is 6.95. The van der Waals surface area contributed by atoms with Crippen molar-refractivity contribution < 1.29 is 4.79 Å². The first-order valence-corrected chi connectivity index (χ1v) is 10.4. The molecule has 4 atom stereocenters. The van der Waals surface area contributed by atoms with Gasteiger partial charge in [0.25, 0.3) is 0 Å². The first-order valence-electron chi connectivity index (χ1n) is 9.50. The van der Waals surface area contributed by atoms with Crippen molar-refractivity contribution in [3.8, 4) is 11.3 Å². The number of amides is 1. The monoisotopic (exact) mass is 354 g/mol. The van der Waals surface area contributed by atoms with E-state index in [1.807, 2.05) is 5.38 Å². The van der Waals surface area contributed by atoms with Crippen molar-refractivity contribution in [3.05, 3.63) is 35.2 Å². The molecule has 0 aliphatic heterocycles. The van der Waals surface area contributed by atoms with E-state index in [1.165, 1.54) is 36.2 Å². The largest absolute Gasteiger partial charge is 0.302 e. The summed E-state index contributed by atoms with van der Waals surface area (Å²) in [6.45, 7) is 4.46. The minimum atomic E-state index is 0.181. The predicted octanol–water partition coefficient (Wildman–Crippen LogP) is 5.70. The Labute approximate surface area is 153 Å². The van der Waals surface area contributed by atoms with Crippen molar-refractivity contribution in [1.29, 1.82) is 0 Å². The Kier molecular flexibility index (Phi) is 4.63. The SMILES string of the molecule is CCC(C)c1ccc(-c2csc(NC(=O)C3CC4CCC3C4)n2)cc1. The van der Waals surface area contributed by atoms with Crippen molar-refractivity contribution in [2.24, 2.45) is 17.8 Å². The molecule has 0 spiro atoms. The zero-order chi connectivity index (χ0) is 17.4. The van der Waals surface area contributed by atoms with Gasteiger partial charge in [0.2, 0.25) is 5.91 Å². The van der Waals surface area contributed by atoms with Crippen LogP contribution in [0.1, 0.15) is 57.4 Å². The standard InChI is InChI=1S/C21H26N2OS/c1-3-13(2)15-6-8-16(9-7-15)19-12-25-21(22-19)23-20(24)18-11-14-4-5-17(18)10-14/h6-9,12-14,17-18H,3-5,10-11H2,1-2H3,(H,22,23,24). The summed E-state index contributed by atoms with van der Waals surface area (Å²) in [6, 6.07) is 8.66. The highest BCUT2D eigenvalue weighted by Gasteiger charge is 2.43. The molecule has 25 heavy (non-hydrogen) atoms. The van der Waals surface area contributed by atoms with Gasteiger partial charge in [-0.2, -0.15) is 0 Å². The van der Waals surface area contributed by atoms with E-state index in [2.05, 4.69) is 48.4 Å². The Bertz CT molecular complexity index is 752. The van der Waals surface area contributed by atoms with Gasteiger partial charge in [-0.25, -0.2) is 4.98 Å². The number of anilines is 1. The van der Waals surface area contributed by atoms with E-state index in [9.17, 15) is 4.79 Å². The Morgan fingerprint density at radius 1 is 1.28 bits per heavy atom. The summed E-state index contributed by atoms with van der Waals surface area (Å²) in [5, 5.41) is 5.83. The zero-order valence-corrected chi connectivity index (χ0v) is 15.8. The van der Waals surface area contributed by atoms with Gasteiger partial charge in [-0.3, -0.25) is 4.79 Å². The number of carbonyl (C=O) groups is 1. The molecule has 4 rings (SSSR count). The lowest BCUT2D eigenvalue weighted by Crippen LogP contribution is -2.27. The maximum absolute atomic E-state index is 12.6. The molecular weight excluding hydrogens is 328 g/mol. The quantitative estimate of drug-likeness (QED) is 0.748. The van der Waals surface area contributed by atoms with Gasteiger partial charge in [0.15, 0.2) is 5.13 Å². The molecule has 2 bridgehead atoms. The molecule has 2 aromatic rings. The van der Waals surface area contributed by atoms with Crippen LogP contribution in [0.25, 0.3) is 11.3 Å². The van der Waals surface area contributed by atoms with Gasteiger partial charge in [-0.1, -0.05) is 44.5 Å². The number of fused-ring (bicyclic) bond motifs is 2. The second kappa shape index (κ2) is 6.91. The van der Waals surface area contributed by atoms with Crippen LogP contribution in [0.4, 0.5) is 5.13 Å². The van der Waals surface area contributed by atoms with Crippen LogP contribution in [0.2, 0.25) is 0 Å². The van der Waals surface area contributed by atoms with E-state index in [0.29, 0.717) is 11.8 Å². The summed E-state index contributed by atoms with van der Waals surface area (Å²) in [7, 11) is 0. The average Bonchev–Trinajstić information content (AvgIpc) is 3.38. The van der Waals surface area contributed by atoms with Gasteiger partial charge < -0.3 is 5.32 Å². The predicted molar refractivity (Wildman–Crippen MR) is 104 cm³/mol. The van der Waals surface area contributed by atoms with E-state index in [4.69, 9.17) is 0 Å². The van der Waals surface area contributed by atoms with E-state index in [0.717, 1.165) is 35.1 Å². The van der Waals surface area contributed by atoms with Crippen molar-refractivity contribution in [1.82, 2.24) is 4.98 Å². The van der Waals surface area contributed by atoms with Crippen LogP contribution < -0.4 is 5.32 Å². The number of thiazole rings is 1. The number of aromatic nitrogens is 1. The molecule has 1 heterocycles. The summed E-state index contributed by atoms with van der Waals surface area (Å²) in [6.07, 6.45) is 6.03. The minimum Gasteiger partial charge on any atom is -0.302 e. The third-order valence-electron chi connectivity index (χ3n) is 6.20. The number of rotatable bonds is 5. The maximum Gasteiger partial charge on any atom is 0.229 e. The molecule has 2 aliphatic rings. The van der Waals surface area contributed by atoms with Gasteiger partial charge in [-0.15, -0.1) is 11.3 Å². The molecule has 2 aliphatic carbocycles. The first-order chi connectivity index (χ1) is 12.1. The number of hydrogen-bond acceptors (Lipinski definition) is 3. The van der Waals surface area contributed by atoms with E-state index in [-0.39, 0.29) is 11.8 Å². The Morgan fingerprint density at radius 3 is 2.72 bits per heavy atom. The number of hydrogen-bond donors (Lipinski definition) is 1. The number of nitrogens with zero attached hydrogens (tertiary/aromatic N) is 1. The van der Waals surface area contributed by atoms with Crippen molar-refractivity contribution >= 4 is 22.4 Å². The highest BCUT2D eigenvalue weighted by atomic mass is 32.1. The normalized spacial score (nSPS) is 25.9. The van der Waals surface area contributed by atoms with Crippen LogP contribution in [-0.4, -0.2) is 10.9 Å². The van der Waals surface area contributed by atoms with Gasteiger partial charge in [-0.05, 0) is 49.0 Å². The average molecular weight is 355 g/mol. The second-order valence-corrected chi connectivity index (χ2v) is 8.60. The van der Waals surface area contributed by atoms with Crippen LogP contribution in [0.3, 0.4) is 0 Å². The number of carbonyl (C=O) groups excluding carboxylic acids is 1. The fourth-order valence-corrected chi connectivity index (χ4v) is 5.17. The highest BCUT2D eigenvalue weighted by molar-refractivity contribution is 7.14. The maximum atomic E-state index is 12.6. The molecule has 1 aromatic carbocycles. The third kappa shape index (κ3) is 3.37. The van der Waals surface area contributed by atoms with Crippen LogP contribution in [0.5, 0.6) is 0 Å². The fourth-order valence-electron chi connectivity index (χ4n) is 4.45. The van der Waals surface area contributed by atoms with Crippen LogP contribution >= 0.6 is 11.3 Å². The molecule has 0 saturated heterocycles. The lowest BCUT2D eigenvalue weighted by molar-refractivity contribution is -0.121. The van der Waals surface area contributed by atoms with Gasteiger partial charge in [0.1, 0.15) is 0 Å². The number of benzene rings is 1. The molecule has 3 nitrogen and oxygen atoms in total. The van der Waals surface area contributed by atoms with Gasteiger partial charge in [0, 0.05) is 16.9 Å². The smallest absolute Gasteiger partial charge is 0.229 e. The van der Waals surface area contributed by atoms with Gasteiger partial charge >= 0.3 is 0 Å². The minimum absolute atomic E-state index is 0.181. The molecule has 1 N–H and O–H groups in total. The Hall–Kier alpha value is -1.68. The van der Waals surface area contributed by atoms with Gasteiger partial charge in [0.05, 0.1) is 5.69 Å². The topological polar surface area (TPSA) is 42.0 Å². The molecule has 2 fully saturated rings. The molecule has 1 aromatic heterocycles. The Morgan fingerprint density at radius 2 is 2.08 bits per heavy atom. The summed E-state index contributed by atoms with van der Waals surface area (Å²) in [4.78, 5) is 17.2. The molecule has 4 heteroatoms. The lowest BCUT2D eigenvalue weighted by atomic mass is 9.88. The summed E-state index contributed by atoms with van der Waals surface area (Å²) in [5.41, 5.74) is 3.43. The molecule has 1 amide bonds. The van der Waals surface area contributed by atoms with Crippen LogP contribution in [-0.2, 0) is 4.79 Å². The number of nitrogens with one attached hydrogen (secondary N) is 1. The lowest BCUT2D eigenvalue weighted by Gasteiger charge is -2.19. The Balaban J connectivity index is 1.42. The van der Waals surface area contributed by atoms with Crippen LogP contribution in [0.15, 0.2) is 29.6 Å². The summed E-state index contributed by atoms with van der Waals surface area (Å²) >= 11 is 1.52. The molecule has 2 saturated carbocycles. The van der Waals surface area contributed by atoms with E-state index < -0.39 is 0 Å². The fraction of sp³-hybridized carbons (Fsp3) is 0.524. The van der Waals surface area contributed by atoms with Crippen molar-refractivity contribution in [3.63, 3.8) is 0 Å². The molecular formula is C21H26N2OS. The first kappa shape index (κ1) is 16.8. The second-order valence-electron chi connectivity index (χ2n) is 7.74. The molecule has 132 valence electrons.